The van der Waals surface area contributed by atoms with Crippen LogP contribution in [0.5, 0.6) is 11.5 Å². The minimum Gasteiger partial charge on any atom is -0.497 e. The number of carboxylic acid groups (broad SMARTS) is 1. The van der Waals surface area contributed by atoms with Crippen LogP contribution in [0.15, 0.2) is 36.4 Å². The van der Waals surface area contributed by atoms with Crippen LogP contribution < -0.4 is 9.47 Å². The number of hydrogen-bond donors (Lipinski definition) is 2. The highest BCUT2D eigenvalue weighted by Crippen LogP contribution is 2.38. The third-order valence-corrected chi connectivity index (χ3v) is 4.80. The largest absolute Gasteiger partial charge is 0.497 e. The van der Waals surface area contributed by atoms with Gasteiger partial charge in [0.25, 0.3) is 0 Å². The molecule has 0 atom stereocenters. The summed E-state index contributed by atoms with van der Waals surface area (Å²) in [4.78, 5) is 14.9. The SMILES string of the molecule is CCCCc1ccc2[nH]c(-c3ccc(OC)cc3OC)c(CC(=O)O)c2c1. The van der Waals surface area contributed by atoms with Crippen molar-refractivity contribution >= 4 is 16.9 Å². The highest BCUT2D eigenvalue weighted by atomic mass is 16.5. The molecule has 0 unspecified atom stereocenters. The number of carbonyl (C=O) groups is 1. The number of ether oxygens (including phenoxy) is 2. The van der Waals surface area contributed by atoms with Crippen LogP contribution in [0.4, 0.5) is 0 Å². The molecule has 3 aromatic rings. The van der Waals surface area contributed by atoms with E-state index in [1.54, 1.807) is 20.3 Å². The second-order valence-corrected chi connectivity index (χ2v) is 6.60. The molecule has 0 aliphatic carbocycles. The Labute approximate surface area is 158 Å². The van der Waals surface area contributed by atoms with Gasteiger partial charge < -0.3 is 19.6 Å². The molecule has 0 bridgehead atoms. The zero-order valence-corrected chi connectivity index (χ0v) is 16.0. The summed E-state index contributed by atoms with van der Waals surface area (Å²) in [5, 5.41) is 10.4. The van der Waals surface area contributed by atoms with Crippen molar-refractivity contribution in [1.29, 1.82) is 0 Å². The number of aromatic nitrogens is 1. The third-order valence-electron chi connectivity index (χ3n) is 4.80. The lowest BCUT2D eigenvalue weighted by molar-refractivity contribution is -0.136. The number of unbranched alkanes of at least 4 members (excludes halogenated alkanes) is 1. The van der Waals surface area contributed by atoms with Crippen LogP contribution in [0.25, 0.3) is 22.2 Å². The summed E-state index contributed by atoms with van der Waals surface area (Å²) in [6.45, 7) is 2.17. The van der Waals surface area contributed by atoms with E-state index in [9.17, 15) is 9.90 Å². The zero-order valence-electron chi connectivity index (χ0n) is 16.0. The van der Waals surface area contributed by atoms with Gasteiger partial charge in [0.05, 0.1) is 26.3 Å². The number of hydrogen-bond acceptors (Lipinski definition) is 3. The number of methoxy groups -OCH3 is 2. The van der Waals surface area contributed by atoms with Crippen molar-refractivity contribution in [2.45, 2.75) is 32.6 Å². The molecule has 0 saturated carbocycles. The predicted octanol–water partition coefficient (Wildman–Crippen LogP) is 4.82. The fraction of sp³-hybridized carbons (Fsp3) is 0.318. The number of aromatic amines is 1. The normalized spacial score (nSPS) is 10.9. The maximum atomic E-state index is 11.5. The standard InChI is InChI=1S/C22H25NO4/c1-4-5-6-14-7-10-19-17(11-14)18(13-21(24)25)22(23-19)16-9-8-15(26-2)12-20(16)27-3/h7-12,23H,4-6,13H2,1-3H3,(H,24,25). The summed E-state index contributed by atoms with van der Waals surface area (Å²) in [5.74, 6) is 0.468. The van der Waals surface area contributed by atoms with Gasteiger partial charge in [-0.05, 0) is 48.2 Å². The molecule has 27 heavy (non-hydrogen) atoms. The molecule has 3 rings (SSSR count). The van der Waals surface area contributed by atoms with Crippen LogP contribution in [0.2, 0.25) is 0 Å². The van der Waals surface area contributed by atoms with Crippen LogP contribution in [0, 0.1) is 0 Å². The van der Waals surface area contributed by atoms with E-state index >= 15 is 0 Å². The van der Waals surface area contributed by atoms with E-state index in [4.69, 9.17) is 9.47 Å². The van der Waals surface area contributed by atoms with Crippen LogP contribution in [0.1, 0.15) is 30.9 Å². The molecule has 1 aromatic heterocycles. The Balaban J connectivity index is 2.18. The molecule has 5 nitrogen and oxygen atoms in total. The summed E-state index contributed by atoms with van der Waals surface area (Å²) in [7, 11) is 3.20. The first-order valence-electron chi connectivity index (χ1n) is 9.15. The molecule has 0 saturated heterocycles. The van der Waals surface area contributed by atoms with Gasteiger partial charge in [0.2, 0.25) is 0 Å². The summed E-state index contributed by atoms with van der Waals surface area (Å²) >= 11 is 0. The minimum absolute atomic E-state index is 0.0538. The Kier molecular flexibility index (Phi) is 5.69. The quantitative estimate of drug-likeness (QED) is 0.599. The van der Waals surface area contributed by atoms with E-state index in [-0.39, 0.29) is 6.42 Å². The van der Waals surface area contributed by atoms with Gasteiger partial charge in [-0.25, -0.2) is 0 Å². The molecule has 0 radical (unpaired) electrons. The van der Waals surface area contributed by atoms with E-state index in [1.807, 2.05) is 18.2 Å². The number of nitrogens with one attached hydrogen (secondary N) is 1. The Morgan fingerprint density at radius 3 is 2.59 bits per heavy atom. The maximum Gasteiger partial charge on any atom is 0.307 e. The molecular weight excluding hydrogens is 342 g/mol. The fourth-order valence-electron chi connectivity index (χ4n) is 3.40. The van der Waals surface area contributed by atoms with Gasteiger partial charge in [0.15, 0.2) is 0 Å². The molecule has 2 N–H and O–H groups in total. The molecule has 142 valence electrons. The minimum atomic E-state index is -0.858. The molecular formula is C22H25NO4. The van der Waals surface area contributed by atoms with Crippen molar-refractivity contribution in [2.75, 3.05) is 14.2 Å². The highest BCUT2D eigenvalue weighted by Gasteiger charge is 2.19. The Bertz CT molecular complexity index is 958. The second kappa shape index (κ2) is 8.16. The summed E-state index contributed by atoms with van der Waals surface area (Å²) in [5.41, 5.74) is 4.53. The molecule has 0 aliphatic rings. The lowest BCUT2D eigenvalue weighted by atomic mass is 9.99. The van der Waals surface area contributed by atoms with Gasteiger partial charge in [-0.1, -0.05) is 19.4 Å². The van der Waals surface area contributed by atoms with Crippen molar-refractivity contribution < 1.29 is 19.4 Å². The van der Waals surface area contributed by atoms with Gasteiger partial charge in [-0.15, -0.1) is 0 Å². The molecule has 1 heterocycles. The Morgan fingerprint density at radius 1 is 1.11 bits per heavy atom. The third kappa shape index (κ3) is 3.92. The molecule has 0 fully saturated rings. The van der Waals surface area contributed by atoms with Crippen molar-refractivity contribution in [3.05, 3.63) is 47.5 Å². The van der Waals surface area contributed by atoms with Crippen molar-refractivity contribution in [2.24, 2.45) is 0 Å². The monoisotopic (exact) mass is 367 g/mol. The smallest absolute Gasteiger partial charge is 0.307 e. The number of benzene rings is 2. The first kappa shape index (κ1) is 18.8. The van der Waals surface area contributed by atoms with Crippen molar-refractivity contribution in [3.63, 3.8) is 0 Å². The molecule has 0 spiro atoms. The van der Waals surface area contributed by atoms with Crippen LogP contribution in [-0.2, 0) is 17.6 Å². The number of H-pyrrole nitrogens is 1. The van der Waals surface area contributed by atoms with Crippen LogP contribution in [-0.4, -0.2) is 30.3 Å². The molecule has 5 heteroatoms. The van der Waals surface area contributed by atoms with E-state index in [0.29, 0.717) is 11.5 Å². The zero-order chi connectivity index (χ0) is 19.4. The maximum absolute atomic E-state index is 11.5. The number of aliphatic carboxylic acids is 1. The van der Waals surface area contributed by atoms with Gasteiger partial charge in [-0.2, -0.15) is 0 Å². The van der Waals surface area contributed by atoms with E-state index in [2.05, 4.69) is 24.0 Å². The summed E-state index contributed by atoms with van der Waals surface area (Å²) in [6, 6.07) is 11.8. The van der Waals surface area contributed by atoms with E-state index in [1.165, 1.54) is 5.56 Å². The number of aryl methyl sites for hydroxylation is 1. The lowest BCUT2D eigenvalue weighted by Crippen LogP contribution is -2.01. The summed E-state index contributed by atoms with van der Waals surface area (Å²) < 4.78 is 10.8. The Morgan fingerprint density at radius 2 is 1.93 bits per heavy atom. The fourth-order valence-corrected chi connectivity index (χ4v) is 3.40. The average molecular weight is 367 g/mol. The number of carboxylic acids is 1. The van der Waals surface area contributed by atoms with Crippen molar-refractivity contribution in [1.82, 2.24) is 4.98 Å². The molecule has 0 amide bonds. The van der Waals surface area contributed by atoms with Gasteiger partial charge in [0.1, 0.15) is 11.5 Å². The second-order valence-electron chi connectivity index (χ2n) is 6.60. The van der Waals surface area contributed by atoms with Crippen molar-refractivity contribution in [3.8, 4) is 22.8 Å². The Hall–Kier alpha value is -2.95. The van der Waals surface area contributed by atoms with E-state index in [0.717, 1.165) is 47.0 Å². The van der Waals surface area contributed by atoms with Crippen LogP contribution >= 0.6 is 0 Å². The van der Waals surface area contributed by atoms with Gasteiger partial charge >= 0.3 is 5.97 Å². The summed E-state index contributed by atoms with van der Waals surface area (Å²) in [6.07, 6.45) is 3.18. The van der Waals surface area contributed by atoms with Gasteiger partial charge in [0, 0.05) is 22.5 Å². The number of rotatable bonds is 8. The highest BCUT2D eigenvalue weighted by molar-refractivity contribution is 5.95. The van der Waals surface area contributed by atoms with E-state index < -0.39 is 5.97 Å². The predicted molar refractivity (Wildman–Crippen MR) is 107 cm³/mol. The first-order chi connectivity index (χ1) is 13.1. The van der Waals surface area contributed by atoms with Gasteiger partial charge in [-0.3, -0.25) is 4.79 Å². The van der Waals surface area contributed by atoms with Crippen LogP contribution in [0.3, 0.4) is 0 Å². The number of fused-ring (bicyclic) bond motifs is 1. The lowest BCUT2D eigenvalue weighted by Gasteiger charge is -2.11. The average Bonchev–Trinajstić information content (AvgIpc) is 3.02. The molecule has 0 aliphatic heterocycles. The first-order valence-corrected chi connectivity index (χ1v) is 9.15. The topological polar surface area (TPSA) is 71.5 Å². The molecule has 2 aromatic carbocycles.